The van der Waals surface area contributed by atoms with Crippen molar-refractivity contribution < 1.29 is 9.90 Å². The van der Waals surface area contributed by atoms with Gasteiger partial charge in [0.2, 0.25) is 0 Å². The van der Waals surface area contributed by atoms with Gasteiger partial charge in [-0.1, -0.05) is 6.92 Å². The zero-order valence-corrected chi connectivity index (χ0v) is 13.2. The predicted octanol–water partition coefficient (Wildman–Crippen LogP) is 3.56. The fraction of sp³-hybridized carbons (Fsp3) is 0.692. The zero-order valence-electron chi connectivity index (χ0n) is 10.8. The molecule has 1 saturated heterocycles. The largest absolute Gasteiger partial charge is 0.481 e. The van der Waals surface area contributed by atoms with E-state index in [1.807, 2.05) is 23.5 Å². The van der Waals surface area contributed by atoms with Crippen LogP contribution in [0.5, 0.6) is 0 Å². The standard InChI is InChI=1S/C13H17NO2S3/c1-2-8-11(18-6-5-17-8)12-14-10-7(13(15)16)3-4-9(10)19-12/h7-8,11H,2-6H2,1H3,(H,15,16). The number of fused-ring (bicyclic) bond motifs is 1. The highest BCUT2D eigenvalue weighted by Gasteiger charge is 2.36. The first kappa shape index (κ1) is 13.8. The minimum absolute atomic E-state index is 0.360. The van der Waals surface area contributed by atoms with E-state index in [9.17, 15) is 9.90 Å². The highest BCUT2D eigenvalue weighted by atomic mass is 32.2. The number of thioether (sulfide) groups is 2. The van der Waals surface area contributed by atoms with Gasteiger partial charge in [0, 0.05) is 21.6 Å². The lowest BCUT2D eigenvalue weighted by molar-refractivity contribution is -0.138. The molecule has 1 aliphatic carbocycles. The summed E-state index contributed by atoms with van der Waals surface area (Å²) >= 11 is 5.80. The van der Waals surface area contributed by atoms with E-state index in [1.54, 1.807) is 11.3 Å². The third-order valence-corrected chi connectivity index (χ3v) is 8.35. The van der Waals surface area contributed by atoms with Crippen molar-refractivity contribution in [1.82, 2.24) is 4.98 Å². The lowest BCUT2D eigenvalue weighted by atomic mass is 10.1. The Kier molecular flexibility index (Phi) is 4.10. The molecule has 3 nitrogen and oxygen atoms in total. The van der Waals surface area contributed by atoms with Crippen LogP contribution in [0.25, 0.3) is 0 Å². The van der Waals surface area contributed by atoms with Crippen LogP contribution in [0.1, 0.15) is 46.5 Å². The first-order valence-corrected chi connectivity index (χ1v) is 9.57. The smallest absolute Gasteiger partial charge is 0.312 e. The SMILES string of the molecule is CCC1SCCSC1c1nc2c(s1)CCC2C(=O)O. The van der Waals surface area contributed by atoms with E-state index in [0.717, 1.165) is 25.0 Å². The Morgan fingerprint density at radius 1 is 1.42 bits per heavy atom. The molecule has 1 N–H and O–H groups in total. The van der Waals surface area contributed by atoms with Crippen LogP contribution >= 0.6 is 34.9 Å². The van der Waals surface area contributed by atoms with Gasteiger partial charge < -0.3 is 5.11 Å². The van der Waals surface area contributed by atoms with E-state index in [4.69, 9.17) is 4.98 Å². The number of rotatable bonds is 3. The number of nitrogens with zero attached hydrogens (tertiary/aromatic N) is 1. The first-order valence-electron chi connectivity index (χ1n) is 6.66. The maximum atomic E-state index is 11.2. The van der Waals surface area contributed by atoms with Gasteiger partial charge in [-0.15, -0.1) is 23.1 Å². The third kappa shape index (κ3) is 2.54. The Balaban J connectivity index is 1.87. The number of carboxylic acid groups (broad SMARTS) is 1. The second kappa shape index (κ2) is 5.66. The number of hydrogen-bond acceptors (Lipinski definition) is 5. The van der Waals surface area contributed by atoms with Gasteiger partial charge in [-0.3, -0.25) is 4.79 Å². The Bertz CT molecular complexity index is 488. The summed E-state index contributed by atoms with van der Waals surface area (Å²) in [5.74, 6) is 1.33. The summed E-state index contributed by atoms with van der Waals surface area (Å²) < 4.78 is 0. The molecule has 0 radical (unpaired) electrons. The van der Waals surface area contributed by atoms with Gasteiger partial charge in [-0.25, -0.2) is 4.98 Å². The first-order chi connectivity index (χ1) is 9.20. The summed E-state index contributed by atoms with van der Waals surface area (Å²) in [6.45, 7) is 2.23. The third-order valence-electron chi connectivity index (χ3n) is 3.73. The van der Waals surface area contributed by atoms with E-state index in [0.29, 0.717) is 10.5 Å². The summed E-state index contributed by atoms with van der Waals surface area (Å²) in [6, 6.07) is 0. The molecule has 0 spiro atoms. The highest BCUT2D eigenvalue weighted by molar-refractivity contribution is 8.06. The van der Waals surface area contributed by atoms with Crippen molar-refractivity contribution >= 4 is 40.8 Å². The van der Waals surface area contributed by atoms with E-state index in [1.165, 1.54) is 21.4 Å². The van der Waals surface area contributed by atoms with E-state index >= 15 is 0 Å². The number of aliphatic carboxylic acids is 1. The molecule has 0 bridgehead atoms. The average Bonchev–Trinajstić information content (AvgIpc) is 2.97. The molecule has 1 aromatic rings. The maximum Gasteiger partial charge on any atom is 0.312 e. The second-order valence-corrected chi connectivity index (χ2v) is 8.61. The van der Waals surface area contributed by atoms with Crippen LogP contribution in [0.3, 0.4) is 0 Å². The van der Waals surface area contributed by atoms with Crippen molar-refractivity contribution in [3.8, 4) is 0 Å². The van der Waals surface area contributed by atoms with Crippen LogP contribution in [0, 0.1) is 0 Å². The van der Waals surface area contributed by atoms with Crippen molar-refractivity contribution in [2.24, 2.45) is 0 Å². The minimum atomic E-state index is -0.715. The summed E-state index contributed by atoms with van der Waals surface area (Å²) in [7, 11) is 0. The Morgan fingerprint density at radius 2 is 2.21 bits per heavy atom. The number of hydrogen-bond donors (Lipinski definition) is 1. The number of aromatic nitrogens is 1. The van der Waals surface area contributed by atoms with Crippen molar-refractivity contribution in [3.63, 3.8) is 0 Å². The number of aryl methyl sites for hydroxylation is 1. The summed E-state index contributed by atoms with van der Waals surface area (Å²) in [5, 5.41) is 11.5. The van der Waals surface area contributed by atoms with Crippen LogP contribution < -0.4 is 0 Å². The molecule has 1 aromatic heterocycles. The van der Waals surface area contributed by atoms with Crippen LogP contribution in [-0.4, -0.2) is 32.8 Å². The fourth-order valence-electron chi connectivity index (χ4n) is 2.74. The second-order valence-electron chi connectivity index (χ2n) is 4.90. The van der Waals surface area contributed by atoms with Crippen molar-refractivity contribution in [3.05, 3.63) is 15.6 Å². The molecule has 3 atom stereocenters. The molecule has 3 unspecified atom stereocenters. The van der Waals surface area contributed by atoms with Gasteiger partial charge in [0.25, 0.3) is 0 Å². The molecule has 0 amide bonds. The molecule has 0 aromatic carbocycles. The van der Waals surface area contributed by atoms with Crippen LogP contribution in [0.15, 0.2) is 0 Å². The Hall–Kier alpha value is -0.200. The number of carboxylic acids is 1. The molecule has 1 fully saturated rings. The molecule has 2 aliphatic rings. The van der Waals surface area contributed by atoms with E-state index < -0.39 is 5.97 Å². The summed E-state index contributed by atoms with van der Waals surface area (Å²) in [4.78, 5) is 17.2. The van der Waals surface area contributed by atoms with Gasteiger partial charge in [0.15, 0.2) is 0 Å². The van der Waals surface area contributed by atoms with Crippen molar-refractivity contribution in [2.45, 2.75) is 42.6 Å². The fourth-order valence-corrected chi connectivity index (χ4v) is 7.30. The highest BCUT2D eigenvalue weighted by Crippen LogP contribution is 2.47. The van der Waals surface area contributed by atoms with Gasteiger partial charge >= 0.3 is 5.97 Å². The molecule has 0 saturated carbocycles. The van der Waals surface area contributed by atoms with Gasteiger partial charge in [0.1, 0.15) is 10.9 Å². The molecule has 19 heavy (non-hydrogen) atoms. The topological polar surface area (TPSA) is 50.2 Å². The van der Waals surface area contributed by atoms with Gasteiger partial charge in [-0.2, -0.15) is 11.8 Å². The maximum absolute atomic E-state index is 11.2. The van der Waals surface area contributed by atoms with Crippen LogP contribution in [0.4, 0.5) is 0 Å². The zero-order chi connectivity index (χ0) is 13.4. The molecule has 1 aliphatic heterocycles. The van der Waals surface area contributed by atoms with Crippen LogP contribution in [0.2, 0.25) is 0 Å². The number of carbonyl (C=O) groups is 1. The lowest BCUT2D eigenvalue weighted by Gasteiger charge is -2.28. The summed E-state index contributed by atoms with van der Waals surface area (Å²) in [5.41, 5.74) is 0.860. The molecule has 2 heterocycles. The average molecular weight is 315 g/mol. The van der Waals surface area contributed by atoms with Gasteiger partial charge in [0.05, 0.1) is 10.9 Å². The monoisotopic (exact) mass is 315 g/mol. The normalized spacial score (nSPS) is 30.3. The minimum Gasteiger partial charge on any atom is -0.481 e. The van der Waals surface area contributed by atoms with Crippen LogP contribution in [-0.2, 0) is 11.2 Å². The van der Waals surface area contributed by atoms with E-state index in [-0.39, 0.29) is 5.92 Å². The molecule has 3 rings (SSSR count). The molecular weight excluding hydrogens is 298 g/mol. The molecule has 104 valence electrons. The molecule has 6 heteroatoms. The van der Waals surface area contributed by atoms with Crippen molar-refractivity contribution in [1.29, 1.82) is 0 Å². The Morgan fingerprint density at radius 3 is 2.95 bits per heavy atom. The van der Waals surface area contributed by atoms with Gasteiger partial charge in [-0.05, 0) is 19.3 Å². The number of thiazole rings is 1. The Labute approximate surface area is 125 Å². The quantitative estimate of drug-likeness (QED) is 0.924. The van der Waals surface area contributed by atoms with E-state index in [2.05, 4.69) is 6.92 Å². The lowest BCUT2D eigenvalue weighted by Crippen LogP contribution is -2.18. The molecular formula is C13H17NO2S3. The summed E-state index contributed by atoms with van der Waals surface area (Å²) in [6.07, 6.45) is 2.79. The van der Waals surface area contributed by atoms with Crippen molar-refractivity contribution in [2.75, 3.05) is 11.5 Å². The predicted molar refractivity (Wildman–Crippen MR) is 82.5 cm³/mol.